The van der Waals surface area contributed by atoms with Crippen molar-refractivity contribution in [3.05, 3.63) is 51.3 Å². The molecule has 22 heavy (non-hydrogen) atoms. The smallest absolute Gasteiger partial charge is 0.135 e. The topological polar surface area (TPSA) is 41.9 Å². The lowest BCUT2D eigenvalue weighted by atomic mass is 10.1. The second-order valence-electron chi connectivity index (χ2n) is 5.90. The highest BCUT2D eigenvalue weighted by molar-refractivity contribution is 6.32. The van der Waals surface area contributed by atoms with Gasteiger partial charge in [-0.1, -0.05) is 43.1 Å². The second kappa shape index (κ2) is 6.49. The first kappa shape index (κ1) is 15.7. The van der Waals surface area contributed by atoms with Gasteiger partial charge in [0.2, 0.25) is 0 Å². The molecule has 1 aliphatic heterocycles. The third-order valence-electron chi connectivity index (χ3n) is 3.83. The largest absolute Gasteiger partial charge is 0.294 e. The van der Waals surface area contributed by atoms with E-state index in [4.69, 9.17) is 23.2 Å². The Balaban J connectivity index is 1.74. The fraction of sp³-hybridized carbons (Fsp3) is 0.438. The molecule has 0 saturated carbocycles. The Morgan fingerprint density at radius 1 is 1.23 bits per heavy atom. The van der Waals surface area contributed by atoms with Crippen molar-refractivity contribution < 1.29 is 0 Å². The minimum atomic E-state index is 0.363. The molecular formula is C16H18Cl2N4. The van der Waals surface area contributed by atoms with Crippen LogP contribution in [0.15, 0.2) is 18.3 Å². The van der Waals surface area contributed by atoms with E-state index in [0.717, 1.165) is 37.4 Å². The normalized spacial score (nSPS) is 15.1. The Kier molecular flexibility index (Phi) is 4.62. The lowest BCUT2D eigenvalue weighted by molar-refractivity contribution is 0.242. The molecule has 0 spiro atoms. The molecule has 3 heterocycles. The minimum Gasteiger partial charge on any atom is -0.294 e. The molecule has 0 aromatic carbocycles. The van der Waals surface area contributed by atoms with Crippen molar-refractivity contribution in [1.29, 1.82) is 0 Å². The summed E-state index contributed by atoms with van der Waals surface area (Å²) in [7, 11) is 0. The maximum absolute atomic E-state index is 6.16. The van der Waals surface area contributed by atoms with E-state index in [2.05, 4.69) is 33.7 Å². The number of fused-ring (bicyclic) bond motifs is 1. The molecule has 0 radical (unpaired) electrons. The molecule has 4 nitrogen and oxygen atoms in total. The minimum absolute atomic E-state index is 0.363. The van der Waals surface area contributed by atoms with E-state index in [1.54, 1.807) is 6.07 Å². The van der Waals surface area contributed by atoms with Crippen LogP contribution in [0.3, 0.4) is 0 Å². The maximum Gasteiger partial charge on any atom is 0.135 e. The van der Waals surface area contributed by atoms with E-state index in [9.17, 15) is 0 Å². The van der Waals surface area contributed by atoms with E-state index >= 15 is 0 Å². The van der Waals surface area contributed by atoms with Gasteiger partial charge in [0.05, 0.1) is 0 Å². The fourth-order valence-electron chi connectivity index (χ4n) is 2.60. The van der Waals surface area contributed by atoms with Crippen LogP contribution in [0.25, 0.3) is 0 Å². The van der Waals surface area contributed by atoms with Crippen molar-refractivity contribution in [1.82, 2.24) is 19.9 Å². The molecule has 3 rings (SSSR count). The van der Waals surface area contributed by atoms with Gasteiger partial charge in [0.15, 0.2) is 0 Å². The monoisotopic (exact) mass is 336 g/mol. The molecule has 0 aliphatic carbocycles. The van der Waals surface area contributed by atoms with E-state index in [1.165, 1.54) is 11.3 Å². The average molecular weight is 337 g/mol. The summed E-state index contributed by atoms with van der Waals surface area (Å²) in [5, 5.41) is 0.900. The van der Waals surface area contributed by atoms with Crippen molar-refractivity contribution in [2.24, 2.45) is 0 Å². The van der Waals surface area contributed by atoms with Gasteiger partial charge in [0.1, 0.15) is 16.1 Å². The molecule has 0 atom stereocenters. The summed E-state index contributed by atoms with van der Waals surface area (Å²) >= 11 is 12.0. The van der Waals surface area contributed by atoms with Crippen molar-refractivity contribution in [3.8, 4) is 0 Å². The zero-order valence-corrected chi connectivity index (χ0v) is 14.2. The second-order valence-corrected chi connectivity index (χ2v) is 6.64. The number of pyridine rings is 1. The number of halogens is 2. The lowest BCUT2D eigenvalue weighted by Crippen LogP contribution is -2.31. The fourth-order valence-corrected chi connectivity index (χ4v) is 3.01. The highest BCUT2D eigenvalue weighted by Gasteiger charge is 2.20. The van der Waals surface area contributed by atoms with E-state index in [1.807, 2.05) is 12.3 Å². The van der Waals surface area contributed by atoms with Crippen LogP contribution in [0.5, 0.6) is 0 Å². The van der Waals surface area contributed by atoms with Crippen LogP contribution in [0.4, 0.5) is 0 Å². The van der Waals surface area contributed by atoms with E-state index in [0.29, 0.717) is 16.2 Å². The van der Waals surface area contributed by atoms with Crippen LogP contribution in [-0.4, -0.2) is 26.4 Å². The number of hydrogen-bond donors (Lipinski definition) is 0. The Bertz CT molecular complexity index is 688. The van der Waals surface area contributed by atoms with Gasteiger partial charge in [-0.05, 0) is 6.07 Å². The quantitative estimate of drug-likeness (QED) is 0.798. The first-order chi connectivity index (χ1) is 10.5. The number of rotatable bonds is 3. The zero-order valence-electron chi connectivity index (χ0n) is 12.7. The molecule has 0 N–H and O–H groups in total. The van der Waals surface area contributed by atoms with Gasteiger partial charge < -0.3 is 0 Å². The molecule has 0 saturated heterocycles. The first-order valence-corrected chi connectivity index (χ1v) is 8.16. The lowest BCUT2D eigenvalue weighted by Gasteiger charge is -2.28. The van der Waals surface area contributed by atoms with Crippen molar-refractivity contribution in [3.63, 3.8) is 0 Å². The highest BCUT2D eigenvalue weighted by atomic mass is 35.5. The maximum atomic E-state index is 6.16. The molecule has 0 unspecified atom stereocenters. The van der Waals surface area contributed by atoms with Crippen LogP contribution < -0.4 is 0 Å². The van der Waals surface area contributed by atoms with Crippen LogP contribution >= 0.6 is 23.2 Å². The van der Waals surface area contributed by atoms with Gasteiger partial charge in [-0.25, -0.2) is 15.0 Å². The van der Waals surface area contributed by atoms with Gasteiger partial charge in [-0.3, -0.25) is 4.90 Å². The van der Waals surface area contributed by atoms with Crippen LogP contribution in [0.1, 0.15) is 42.4 Å². The molecule has 6 heteroatoms. The molecule has 2 aromatic heterocycles. The summed E-state index contributed by atoms with van der Waals surface area (Å²) in [5.41, 5.74) is 3.37. The van der Waals surface area contributed by atoms with E-state index in [-0.39, 0.29) is 0 Å². The van der Waals surface area contributed by atoms with Gasteiger partial charge in [-0.2, -0.15) is 0 Å². The van der Waals surface area contributed by atoms with E-state index < -0.39 is 0 Å². The molecule has 0 amide bonds. The summed E-state index contributed by atoms with van der Waals surface area (Å²) in [6, 6.07) is 3.71. The van der Waals surface area contributed by atoms with Crippen molar-refractivity contribution in [2.45, 2.75) is 39.3 Å². The molecule has 1 aliphatic rings. The van der Waals surface area contributed by atoms with Gasteiger partial charge in [0.25, 0.3) is 0 Å². The highest BCUT2D eigenvalue weighted by Crippen LogP contribution is 2.23. The summed E-state index contributed by atoms with van der Waals surface area (Å²) in [4.78, 5) is 15.6. The standard InChI is InChI=1S/C16H18Cl2N4/c1-10(2)16-19-7-12-9-22(6-5-13(12)20-16)8-11-3-4-14(17)21-15(11)18/h3-4,7,10H,5-6,8-9H2,1-2H3. The Hall–Kier alpha value is -1.23. The number of hydrogen-bond acceptors (Lipinski definition) is 4. The predicted molar refractivity (Wildman–Crippen MR) is 88.2 cm³/mol. The molecule has 116 valence electrons. The van der Waals surface area contributed by atoms with Gasteiger partial charge in [-0.15, -0.1) is 0 Å². The van der Waals surface area contributed by atoms with Crippen molar-refractivity contribution in [2.75, 3.05) is 6.54 Å². The summed E-state index contributed by atoms with van der Waals surface area (Å²) < 4.78 is 0. The Morgan fingerprint density at radius 3 is 2.77 bits per heavy atom. The SMILES string of the molecule is CC(C)c1ncc2c(n1)CCN(Cc1ccc(Cl)nc1Cl)C2. The van der Waals surface area contributed by atoms with Crippen LogP contribution in [-0.2, 0) is 19.5 Å². The van der Waals surface area contributed by atoms with Gasteiger partial charge >= 0.3 is 0 Å². The van der Waals surface area contributed by atoms with Crippen LogP contribution in [0.2, 0.25) is 10.3 Å². The predicted octanol–water partition coefficient (Wildman–Crippen LogP) is 3.86. The summed E-state index contributed by atoms with van der Waals surface area (Å²) in [5.74, 6) is 1.29. The molecule has 0 bridgehead atoms. The third kappa shape index (κ3) is 3.40. The Labute approximate surface area is 140 Å². The summed E-state index contributed by atoms with van der Waals surface area (Å²) in [6.07, 6.45) is 2.90. The Morgan fingerprint density at radius 2 is 2.05 bits per heavy atom. The number of aromatic nitrogens is 3. The van der Waals surface area contributed by atoms with Gasteiger partial charge in [0, 0.05) is 55.0 Å². The molecule has 2 aromatic rings. The average Bonchev–Trinajstić information content (AvgIpc) is 2.49. The van der Waals surface area contributed by atoms with Crippen LogP contribution in [0, 0.1) is 0 Å². The first-order valence-electron chi connectivity index (χ1n) is 7.41. The third-order valence-corrected chi connectivity index (χ3v) is 4.37. The zero-order chi connectivity index (χ0) is 15.7. The molecular weight excluding hydrogens is 319 g/mol. The molecule has 0 fully saturated rings. The summed E-state index contributed by atoms with van der Waals surface area (Å²) in [6.45, 7) is 6.79. The van der Waals surface area contributed by atoms with Crippen molar-refractivity contribution >= 4 is 23.2 Å². The number of nitrogens with zero attached hydrogens (tertiary/aromatic N) is 4.